The summed E-state index contributed by atoms with van der Waals surface area (Å²) in [6.07, 6.45) is -6.97. The smallest absolute Gasteiger partial charge is 0.451 e. The van der Waals surface area contributed by atoms with Gasteiger partial charge in [0, 0.05) is 23.1 Å². The number of Topliss-reactive ketones (excluding diaryl/α,β-unsaturated/α-hetero) is 1. The summed E-state index contributed by atoms with van der Waals surface area (Å²) in [4.78, 5) is 24.8. The molecule has 1 atom stereocenters. The van der Waals surface area contributed by atoms with E-state index >= 15 is 0 Å². The van der Waals surface area contributed by atoms with Gasteiger partial charge in [-0.3, -0.25) is 9.59 Å². The molecular formula is C25H24F3NO6S. The Morgan fingerprint density at radius 3 is 2.22 bits per heavy atom. The molecule has 0 radical (unpaired) electrons. The molecule has 2 aromatic carbocycles. The number of aryl methyl sites for hydroxylation is 2. The fourth-order valence-electron chi connectivity index (χ4n) is 3.95. The largest absolute Gasteiger partial charge is 0.507 e. The zero-order valence-corrected chi connectivity index (χ0v) is 20.7. The quantitative estimate of drug-likeness (QED) is 0.428. The molecule has 0 aromatic heterocycles. The normalized spacial score (nSPS) is 16.2. The van der Waals surface area contributed by atoms with E-state index in [4.69, 9.17) is 4.74 Å². The van der Waals surface area contributed by atoms with E-state index in [0.29, 0.717) is 5.56 Å². The first-order valence-corrected chi connectivity index (χ1v) is 12.3. The molecule has 192 valence electrons. The number of aliphatic hydroxyl groups excluding tert-OH is 1. The molecule has 2 aromatic rings. The average molecular weight is 524 g/mol. The van der Waals surface area contributed by atoms with Crippen molar-refractivity contribution in [3.8, 4) is 0 Å². The van der Waals surface area contributed by atoms with Crippen LogP contribution in [-0.4, -0.2) is 43.3 Å². The Balaban J connectivity index is 2.23. The van der Waals surface area contributed by atoms with Crippen molar-refractivity contribution in [2.24, 2.45) is 10.3 Å². The molecule has 1 aliphatic rings. The molecule has 0 saturated carbocycles. The number of fused-ring (bicyclic) bond motifs is 1. The van der Waals surface area contributed by atoms with E-state index < -0.39 is 57.7 Å². The number of benzene rings is 2. The van der Waals surface area contributed by atoms with Crippen molar-refractivity contribution in [2.45, 2.75) is 51.3 Å². The number of halogens is 3. The standard InChI is InChI=1S/C25H24F3NO6S/c1-13(2)35-24(32)21(23(31)25(26,27)28)18-12-19(16-7-5-6-8-17(16)22(18)30)29-36(33,34)20-10-9-14(3)11-15(20)4/h5-11,13,21,30H,12H2,1-4H3. The third-order valence-corrected chi connectivity index (χ3v) is 6.95. The lowest BCUT2D eigenvalue weighted by atomic mass is 9.81. The molecule has 0 saturated heterocycles. The van der Waals surface area contributed by atoms with Crippen LogP contribution in [0.15, 0.2) is 57.3 Å². The Morgan fingerprint density at radius 1 is 1.06 bits per heavy atom. The van der Waals surface area contributed by atoms with Crippen molar-refractivity contribution in [2.75, 3.05) is 0 Å². The molecule has 0 amide bonds. The topological polar surface area (TPSA) is 110 Å². The number of carbonyl (C=O) groups excluding carboxylic acids is 2. The second-order valence-corrected chi connectivity index (χ2v) is 10.2. The van der Waals surface area contributed by atoms with E-state index in [2.05, 4.69) is 4.40 Å². The van der Waals surface area contributed by atoms with Crippen LogP contribution in [0.4, 0.5) is 13.2 Å². The van der Waals surface area contributed by atoms with Gasteiger partial charge in [0.25, 0.3) is 15.8 Å². The van der Waals surface area contributed by atoms with Gasteiger partial charge in [0.1, 0.15) is 11.7 Å². The number of aliphatic hydroxyl groups is 1. The molecule has 0 heterocycles. The molecule has 0 spiro atoms. The Labute approximate surface area is 206 Å². The van der Waals surface area contributed by atoms with Gasteiger partial charge in [0.15, 0.2) is 0 Å². The number of hydrogen-bond donors (Lipinski definition) is 1. The zero-order valence-electron chi connectivity index (χ0n) is 19.9. The number of esters is 1. The van der Waals surface area contributed by atoms with Crippen molar-refractivity contribution < 1.29 is 41.0 Å². The van der Waals surface area contributed by atoms with Crippen LogP contribution in [0.1, 0.15) is 42.5 Å². The highest BCUT2D eigenvalue weighted by atomic mass is 32.2. The zero-order chi connectivity index (χ0) is 27.0. The highest BCUT2D eigenvalue weighted by Crippen LogP contribution is 2.38. The predicted octanol–water partition coefficient (Wildman–Crippen LogP) is 4.85. The lowest BCUT2D eigenvalue weighted by Crippen LogP contribution is -2.40. The van der Waals surface area contributed by atoms with Crippen LogP contribution in [0.5, 0.6) is 0 Å². The summed E-state index contributed by atoms with van der Waals surface area (Å²) in [6, 6.07) is 10.3. The molecule has 1 unspecified atom stereocenters. The first-order valence-electron chi connectivity index (χ1n) is 10.9. The first kappa shape index (κ1) is 27.1. The summed E-state index contributed by atoms with van der Waals surface area (Å²) in [7, 11) is -4.34. The van der Waals surface area contributed by atoms with Crippen molar-refractivity contribution in [3.05, 3.63) is 70.3 Å². The number of nitrogens with zero attached hydrogens (tertiary/aromatic N) is 1. The Bertz CT molecular complexity index is 1390. The van der Waals surface area contributed by atoms with Crippen LogP contribution in [0, 0.1) is 19.8 Å². The lowest BCUT2D eigenvalue weighted by molar-refractivity contribution is -0.180. The molecule has 0 fully saturated rings. The van der Waals surface area contributed by atoms with Gasteiger partial charge in [-0.1, -0.05) is 42.0 Å². The van der Waals surface area contributed by atoms with E-state index in [1.807, 2.05) is 0 Å². The Hall–Kier alpha value is -3.47. The Kier molecular flexibility index (Phi) is 7.45. The minimum atomic E-state index is -5.42. The van der Waals surface area contributed by atoms with Crippen molar-refractivity contribution in [1.82, 2.24) is 0 Å². The van der Waals surface area contributed by atoms with E-state index in [1.165, 1.54) is 44.2 Å². The van der Waals surface area contributed by atoms with Gasteiger partial charge in [-0.2, -0.15) is 26.0 Å². The summed E-state index contributed by atoms with van der Waals surface area (Å²) in [5.74, 6) is -7.22. The summed E-state index contributed by atoms with van der Waals surface area (Å²) >= 11 is 0. The van der Waals surface area contributed by atoms with Crippen molar-refractivity contribution >= 4 is 33.2 Å². The Morgan fingerprint density at radius 2 is 1.67 bits per heavy atom. The van der Waals surface area contributed by atoms with Crippen LogP contribution in [0.25, 0.3) is 5.76 Å². The maximum absolute atomic E-state index is 13.5. The molecule has 0 bridgehead atoms. The lowest BCUT2D eigenvalue weighted by Gasteiger charge is -2.26. The van der Waals surface area contributed by atoms with Gasteiger partial charge in [-0.15, -0.1) is 0 Å². The number of rotatable bonds is 6. The van der Waals surface area contributed by atoms with Crippen LogP contribution in [0.2, 0.25) is 0 Å². The van der Waals surface area contributed by atoms with Crippen LogP contribution in [-0.2, 0) is 24.3 Å². The summed E-state index contributed by atoms with van der Waals surface area (Å²) in [5, 5.41) is 10.8. The number of ketones is 1. The monoisotopic (exact) mass is 523 g/mol. The van der Waals surface area contributed by atoms with E-state index in [1.54, 1.807) is 26.0 Å². The fraction of sp³-hybridized carbons (Fsp3) is 0.320. The van der Waals surface area contributed by atoms with Gasteiger partial charge in [0.05, 0.1) is 16.7 Å². The van der Waals surface area contributed by atoms with Crippen molar-refractivity contribution in [1.29, 1.82) is 0 Å². The van der Waals surface area contributed by atoms with Gasteiger partial charge in [-0.05, 0) is 39.3 Å². The van der Waals surface area contributed by atoms with E-state index in [-0.39, 0.29) is 21.7 Å². The van der Waals surface area contributed by atoms with Gasteiger partial charge in [-0.25, -0.2) is 0 Å². The van der Waals surface area contributed by atoms with Crippen LogP contribution in [0.3, 0.4) is 0 Å². The van der Waals surface area contributed by atoms with Crippen LogP contribution >= 0.6 is 0 Å². The predicted molar refractivity (Wildman–Crippen MR) is 126 cm³/mol. The van der Waals surface area contributed by atoms with Crippen LogP contribution < -0.4 is 0 Å². The molecule has 0 aliphatic heterocycles. The van der Waals surface area contributed by atoms with Crippen molar-refractivity contribution in [3.63, 3.8) is 0 Å². The molecule has 1 aliphatic carbocycles. The summed E-state index contributed by atoms with van der Waals surface area (Å²) < 4.78 is 75.5. The fourth-order valence-corrected chi connectivity index (χ4v) is 5.21. The molecule has 3 rings (SSSR count). The minimum Gasteiger partial charge on any atom is -0.507 e. The van der Waals surface area contributed by atoms with E-state index in [9.17, 15) is 36.3 Å². The molecular weight excluding hydrogens is 499 g/mol. The summed E-state index contributed by atoms with van der Waals surface area (Å²) in [5.41, 5.74) is 0.433. The highest BCUT2D eigenvalue weighted by Gasteiger charge is 2.50. The number of hydrogen-bond acceptors (Lipinski definition) is 6. The third-order valence-electron chi connectivity index (χ3n) is 5.47. The molecule has 36 heavy (non-hydrogen) atoms. The molecule has 11 heteroatoms. The first-order chi connectivity index (χ1) is 16.6. The maximum Gasteiger partial charge on any atom is 0.451 e. The third kappa shape index (κ3) is 5.51. The highest BCUT2D eigenvalue weighted by molar-refractivity contribution is 7.90. The van der Waals surface area contributed by atoms with E-state index in [0.717, 1.165) is 5.56 Å². The summed E-state index contributed by atoms with van der Waals surface area (Å²) in [6.45, 7) is 6.13. The number of alkyl halides is 3. The minimum absolute atomic E-state index is 0.0642. The number of sulfonamides is 1. The van der Waals surface area contributed by atoms with Gasteiger partial charge >= 0.3 is 12.1 Å². The van der Waals surface area contributed by atoms with Gasteiger partial charge in [0.2, 0.25) is 0 Å². The van der Waals surface area contributed by atoms with Gasteiger partial charge < -0.3 is 9.84 Å². The number of carbonyl (C=O) groups is 2. The maximum atomic E-state index is 13.5. The number of ether oxygens (including phenoxy) is 1. The SMILES string of the molecule is Cc1ccc(S(=O)(=O)N=C2CC(C(C(=O)OC(C)C)C(=O)C(F)(F)F)=C(O)c3ccccc32)c(C)c1. The molecule has 1 N–H and O–H groups in total. The second kappa shape index (κ2) is 9.88. The molecule has 7 nitrogen and oxygen atoms in total. The second-order valence-electron chi connectivity index (χ2n) is 8.66. The average Bonchev–Trinajstić information content (AvgIpc) is 2.75.